The zero-order chi connectivity index (χ0) is 16.6. The summed E-state index contributed by atoms with van der Waals surface area (Å²) in [5, 5.41) is 0. The number of hydrogen-bond donors (Lipinski definition) is 1. The topological polar surface area (TPSA) is 35.5 Å². The van der Waals surface area contributed by atoms with Crippen LogP contribution in [0.1, 0.15) is 54.4 Å². The maximum atomic E-state index is 13.6. The number of carbonyl (C=O) groups is 1. The van der Waals surface area contributed by atoms with Crippen molar-refractivity contribution >= 4 is 24.2 Å². The van der Waals surface area contributed by atoms with Gasteiger partial charge in [-0.2, -0.15) is 0 Å². The van der Waals surface area contributed by atoms with Gasteiger partial charge in [0.25, 0.3) is 0 Å². The van der Waals surface area contributed by atoms with Crippen LogP contribution in [0.3, 0.4) is 0 Å². The van der Waals surface area contributed by atoms with Crippen molar-refractivity contribution in [2.75, 3.05) is 14.2 Å². The molecule has 3 nitrogen and oxygen atoms in total. The van der Waals surface area contributed by atoms with E-state index in [0.29, 0.717) is 17.1 Å². The average Bonchev–Trinajstić information content (AvgIpc) is 2.74. The van der Waals surface area contributed by atoms with Crippen LogP contribution >= 0.6 is 18.7 Å². The second-order valence-corrected chi connectivity index (χ2v) is 12.1. The zero-order valence-electron chi connectivity index (χ0n) is 14.2. The van der Waals surface area contributed by atoms with Crippen molar-refractivity contribution in [1.29, 1.82) is 0 Å². The lowest BCUT2D eigenvalue weighted by Crippen LogP contribution is -2.18. The van der Waals surface area contributed by atoms with Gasteiger partial charge >= 0.3 is 5.52 Å². The highest BCUT2D eigenvalue weighted by atomic mass is 32.7. The molecular weight excluding hydrogens is 327 g/mol. The lowest BCUT2D eigenvalue weighted by Gasteiger charge is -2.25. The van der Waals surface area contributed by atoms with E-state index < -0.39 is 6.46 Å². The number of rotatable bonds is 4. The summed E-state index contributed by atoms with van der Waals surface area (Å²) in [6, 6.07) is 3.75. The number of fused-ring (bicyclic) bond motifs is 2. The Labute approximate surface area is 144 Å². The molecular formula is C18H26O3PS+. The summed E-state index contributed by atoms with van der Waals surface area (Å²) >= 11 is 5.13. The quantitative estimate of drug-likeness (QED) is 0.603. The highest BCUT2D eigenvalue weighted by Crippen LogP contribution is 2.81. The van der Waals surface area contributed by atoms with Crippen LogP contribution in [0.5, 0.6) is 11.5 Å². The van der Waals surface area contributed by atoms with Gasteiger partial charge in [-0.3, -0.25) is 0 Å². The third-order valence-electron chi connectivity index (χ3n) is 5.54. The Hall–Kier alpha value is -0.730. The van der Waals surface area contributed by atoms with E-state index in [1.165, 1.54) is 25.7 Å². The molecule has 2 saturated heterocycles. The normalized spacial score (nSPS) is 29.9. The maximum absolute atomic E-state index is 13.6. The molecule has 0 spiro atoms. The minimum Gasteiger partial charge on any atom is -0.497 e. The SMILES string of the molecule is COc1cc(C)c(C(=O)[P+]2(S)C3CCCCC2CC3)c(OC)c1. The molecule has 0 saturated carbocycles. The Balaban J connectivity index is 2.06. The molecule has 3 rings (SSSR count). The smallest absolute Gasteiger partial charge is 0.313 e. The van der Waals surface area contributed by atoms with Crippen molar-refractivity contribution in [3.8, 4) is 11.5 Å². The van der Waals surface area contributed by atoms with Gasteiger partial charge < -0.3 is 9.47 Å². The number of methoxy groups -OCH3 is 2. The molecule has 5 heteroatoms. The lowest BCUT2D eigenvalue weighted by atomic mass is 10.0. The second kappa shape index (κ2) is 6.64. The summed E-state index contributed by atoms with van der Waals surface area (Å²) in [6.07, 6.45) is 7.16. The Morgan fingerprint density at radius 2 is 1.70 bits per heavy atom. The first kappa shape index (κ1) is 17.1. The van der Waals surface area contributed by atoms with Crippen molar-refractivity contribution in [3.63, 3.8) is 0 Å². The second-order valence-electron chi connectivity index (χ2n) is 6.73. The van der Waals surface area contributed by atoms with Gasteiger partial charge in [-0.05, 0) is 57.1 Å². The molecule has 2 aliphatic heterocycles. The monoisotopic (exact) mass is 353 g/mol. The fraction of sp³-hybridized carbons (Fsp3) is 0.611. The molecule has 2 aliphatic rings. The summed E-state index contributed by atoms with van der Waals surface area (Å²) in [7, 11) is 3.25. The first-order valence-electron chi connectivity index (χ1n) is 8.41. The number of aryl methyl sites for hydroxylation is 1. The molecule has 2 atom stereocenters. The highest BCUT2D eigenvalue weighted by molar-refractivity contribution is 8.59. The van der Waals surface area contributed by atoms with Crippen molar-refractivity contribution in [2.24, 2.45) is 0 Å². The summed E-state index contributed by atoms with van der Waals surface area (Å²) in [6.45, 7) is 0.0235. The largest absolute Gasteiger partial charge is 0.497 e. The molecule has 2 fully saturated rings. The first-order chi connectivity index (χ1) is 11.0. The van der Waals surface area contributed by atoms with Crippen LogP contribution in [0.15, 0.2) is 12.1 Å². The Kier molecular flexibility index (Phi) is 4.94. The molecule has 2 heterocycles. The third-order valence-corrected chi connectivity index (χ3v) is 12.2. The summed E-state index contributed by atoms with van der Waals surface area (Å²) < 4.78 is 10.8. The Morgan fingerprint density at radius 3 is 2.22 bits per heavy atom. The van der Waals surface area contributed by atoms with E-state index in [1.54, 1.807) is 14.2 Å². The summed E-state index contributed by atoms with van der Waals surface area (Å²) in [5.41, 5.74) is 2.92. The minimum atomic E-state index is -1.95. The Bertz CT molecular complexity index is 603. The molecule has 0 aliphatic carbocycles. The molecule has 23 heavy (non-hydrogen) atoms. The van der Waals surface area contributed by atoms with Gasteiger partial charge in [-0.15, -0.1) is 0 Å². The van der Waals surface area contributed by atoms with Crippen molar-refractivity contribution in [3.05, 3.63) is 23.3 Å². The van der Waals surface area contributed by atoms with E-state index in [4.69, 9.17) is 21.7 Å². The molecule has 2 bridgehead atoms. The van der Waals surface area contributed by atoms with Crippen LogP contribution in [0.2, 0.25) is 0 Å². The number of thiol groups is 1. The van der Waals surface area contributed by atoms with Crippen LogP contribution in [0, 0.1) is 6.92 Å². The molecule has 0 amide bonds. The number of hydrogen-bond acceptors (Lipinski definition) is 4. The number of carbonyl (C=O) groups excluding carboxylic acids is 1. The number of ether oxygens (including phenoxy) is 2. The average molecular weight is 353 g/mol. The molecule has 1 aromatic rings. The maximum Gasteiger partial charge on any atom is 0.313 e. The number of benzene rings is 1. The van der Waals surface area contributed by atoms with Crippen LogP contribution in [-0.2, 0) is 0 Å². The van der Waals surface area contributed by atoms with Crippen molar-refractivity contribution in [2.45, 2.75) is 56.8 Å². The standard InChI is InChI=1S/C18H26O3PS/c1-12-10-13(20-2)11-16(21-3)17(12)18(19)22(23)14-6-4-5-7-15(22)9-8-14/h10-11,14-15,23H,4-9H2,1-3H3/q+1. The fourth-order valence-corrected chi connectivity index (χ4v) is 10.1. The van der Waals surface area contributed by atoms with E-state index in [9.17, 15) is 4.79 Å². The van der Waals surface area contributed by atoms with Crippen LogP contribution in [0.4, 0.5) is 0 Å². The van der Waals surface area contributed by atoms with Gasteiger partial charge in [-0.1, -0.05) is 0 Å². The van der Waals surface area contributed by atoms with E-state index in [-0.39, 0.29) is 5.52 Å². The Morgan fingerprint density at radius 1 is 1.09 bits per heavy atom. The third kappa shape index (κ3) is 2.78. The zero-order valence-corrected chi connectivity index (χ0v) is 16.0. The molecule has 2 unspecified atom stereocenters. The van der Waals surface area contributed by atoms with Gasteiger partial charge in [0, 0.05) is 18.3 Å². The first-order valence-corrected chi connectivity index (χ1v) is 11.5. The van der Waals surface area contributed by atoms with E-state index in [1.807, 2.05) is 19.1 Å². The van der Waals surface area contributed by atoms with Gasteiger partial charge in [0.05, 0.1) is 25.5 Å². The van der Waals surface area contributed by atoms with Crippen LogP contribution in [-0.4, -0.2) is 31.1 Å². The van der Waals surface area contributed by atoms with Gasteiger partial charge in [0.15, 0.2) is 6.46 Å². The summed E-state index contributed by atoms with van der Waals surface area (Å²) in [4.78, 5) is 13.6. The minimum absolute atomic E-state index is 0.257. The highest BCUT2D eigenvalue weighted by Gasteiger charge is 2.62. The van der Waals surface area contributed by atoms with E-state index in [0.717, 1.165) is 29.7 Å². The molecule has 0 radical (unpaired) electrons. The molecule has 126 valence electrons. The molecule has 0 aromatic heterocycles. The van der Waals surface area contributed by atoms with E-state index in [2.05, 4.69) is 0 Å². The van der Waals surface area contributed by atoms with Gasteiger partial charge in [-0.25, -0.2) is 4.79 Å². The lowest BCUT2D eigenvalue weighted by molar-refractivity contribution is 0.107. The summed E-state index contributed by atoms with van der Waals surface area (Å²) in [5.74, 6) is 1.36. The fourth-order valence-electron chi connectivity index (χ4n) is 4.31. The predicted octanol–water partition coefficient (Wildman–Crippen LogP) is 5.12. The molecule has 0 N–H and O–H groups in total. The molecule has 1 aromatic carbocycles. The predicted molar refractivity (Wildman–Crippen MR) is 99.8 cm³/mol. The van der Waals surface area contributed by atoms with Crippen LogP contribution in [0.25, 0.3) is 0 Å². The van der Waals surface area contributed by atoms with Gasteiger partial charge in [0.1, 0.15) is 17.1 Å². The van der Waals surface area contributed by atoms with Crippen molar-refractivity contribution < 1.29 is 14.3 Å². The van der Waals surface area contributed by atoms with E-state index >= 15 is 0 Å². The van der Waals surface area contributed by atoms with Crippen LogP contribution < -0.4 is 9.47 Å². The van der Waals surface area contributed by atoms with Crippen molar-refractivity contribution in [1.82, 2.24) is 0 Å². The van der Waals surface area contributed by atoms with Gasteiger partial charge in [0.2, 0.25) is 0 Å².